The van der Waals surface area contributed by atoms with E-state index in [0.717, 1.165) is 0 Å². The Bertz CT molecular complexity index is 863. The molecule has 0 aromatic heterocycles. The number of carbonyl (C=O) groups excluding carboxylic acids is 2. The zero-order valence-electron chi connectivity index (χ0n) is 16.0. The second kappa shape index (κ2) is 7.95. The van der Waals surface area contributed by atoms with Crippen LogP contribution in [0.4, 0.5) is 30.7 Å². The van der Waals surface area contributed by atoms with Gasteiger partial charge in [-0.3, -0.25) is 9.59 Å². The van der Waals surface area contributed by atoms with Gasteiger partial charge in [0.25, 0.3) is 12.4 Å². The summed E-state index contributed by atoms with van der Waals surface area (Å²) in [5.41, 5.74) is 1.71. The van der Waals surface area contributed by atoms with Crippen molar-refractivity contribution in [2.75, 3.05) is 19.7 Å². The van der Waals surface area contributed by atoms with E-state index in [2.05, 4.69) is 4.74 Å². The highest BCUT2D eigenvalue weighted by molar-refractivity contribution is 5.81. The van der Waals surface area contributed by atoms with Crippen LogP contribution in [0.25, 0.3) is 0 Å². The monoisotopic (exact) mass is 456 g/mol. The lowest BCUT2D eigenvalue weighted by Gasteiger charge is -2.48. The van der Waals surface area contributed by atoms with Crippen LogP contribution in [-0.4, -0.2) is 42.5 Å². The molecule has 1 aromatic carbocycles. The highest BCUT2D eigenvalue weighted by atomic mass is 19.4. The average Bonchev–Trinajstić information content (AvgIpc) is 2.60. The normalized spacial score (nSPS) is 24.4. The maximum absolute atomic E-state index is 14.4. The highest BCUT2D eigenvalue weighted by Crippen LogP contribution is 2.43. The second-order valence-corrected chi connectivity index (χ2v) is 8.18. The Balaban J connectivity index is 1.56. The molecule has 12 heteroatoms. The van der Waals surface area contributed by atoms with Crippen LogP contribution in [0, 0.1) is 23.5 Å². The minimum Gasteiger partial charge on any atom is -0.466 e. The molecule has 2 aliphatic rings. The molecular weight excluding hydrogens is 437 g/mol. The van der Waals surface area contributed by atoms with Crippen LogP contribution in [-0.2, 0) is 26.4 Å². The van der Waals surface area contributed by atoms with Gasteiger partial charge in [0, 0.05) is 31.3 Å². The SMILES string of the molecule is NC1(COC=O)CC(C(=O)N2CC(CC(F)(F)c3ccc(C(F)(F)F)c(F)c3F)C2)C1. The molecule has 1 aromatic rings. The van der Waals surface area contributed by atoms with E-state index in [9.17, 15) is 40.3 Å². The first-order chi connectivity index (χ1) is 14.3. The molecule has 31 heavy (non-hydrogen) atoms. The fourth-order valence-corrected chi connectivity index (χ4v) is 4.07. The molecule has 0 spiro atoms. The molecule has 1 heterocycles. The number of likely N-dealkylation sites (tertiary alicyclic amines) is 1. The van der Waals surface area contributed by atoms with Gasteiger partial charge in [0.1, 0.15) is 6.61 Å². The fraction of sp³-hybridized carbons (Fsp3) is 0.579. The van der Waals surface area contributed by atoms with Gasteiger partial charge < -0.3 is 15.4 Å². The molecule has 1 amide bonds. The molecule has 1 aliphatic carbocycles. The Morgan fingerprint density at radius 2 is 1.68 bits per heavy atom. The minimum absolute atomic E-state index is 0.0373. The first-order valence-corrected chi connectivity index (χ1v) is 9.34. The number of carbonyl (C=O) groups is 2. The first-order valence-electron chi connectivity index (χ1n) is 9.34. The highest BCUT2D eigenvalue weighted by Gasteiger charge is 2.50. The standard InChI is InChI=1S/C19H19F7N2O3/c20-14-12(1-2-13(15(14)21)19(24,25)26)18(22,23)3-10-6-28(7-10)16(30)11-4-17(27,5-11)8-31-9-29/h1-2,9-11H,3-8,27H2. The predicted molar refractivity (Wildman–Crippen MR) is 91.6 cm³/mol. The summed E-state index contributed by atoms with van der Waals surface area (Å²) in [6, 6.07) is 0.321. The number of benzene rings is 1. The van der Waals surface area contributed by atoms with Gasteiger partial charge in [-0.25, -0.2) is 17.6 Å². The van der Waals surface area contributed by atoms with Gasteiger partial charge in [-0.2, -0.15) is 13.2 Å². The predicted octanol–water partition coefficient (Wildman–Crippen LogP) is 3.20. The van der Waals surface area contributed by atoms with Crippen molar-refractivity contribution in [1.82, 2.24) is 4.90 Å². The van der Waals surface area contributed by atoms with Crippen molar-refractivity contribution >= 4 is 12.4 Å². The number of nitrogens with two attached hydrogens (primary N) is 1. The summed E-state index contributed by atoms with van der Waals surface area (Å²) < 4.78 is 98.8. The summed E-state index contributed by atoms with van der Waals surface area (Å²) in [7, 11) is 0. The molecule has 0 bridgehead atoms. The topological polar surface area (TPSA) is 72.6 Å². The Kier molecular flexibility index (Phi) is 5.98. The number of amides is 1. The Morgan fingerprint density at radius 3 is 2.23 bits per heavy atom. The van der Waals surface area contributed by atoms with Crippen LogP contribution in [0.2, 0.25) is 0 Å². The molecule has 2 N–H and O–H groups in total. The van der Waals surface area contributed by atoms with Crippen LogP contribution in [0.5, 0.6) is 0 Å². The molecule has 172 valence electrons. The van der Waals surface area contributed by atoms with Gasteiger partial charge in [-0.1, -0.05) is 0 Å². The van der Waals surface area contributed by atoms with Gasteiger partial charge in [0.2, 0.25) is 5.91 Å². The van der Waals surface area contributed by atoms with E-state index >= 15 is 0 Å². The van der Waals surface area contributed by atoms with Gasteiger partial charge in [0.15, 0.2) is 11.6 Å². The van der Waals surface area contributed by atoms with E-state index in [4.69, 9.17) is 5.73 Å². The summed E-state index contributed by atoms with van der Waals surface area (Å²) in [5, 5.41) is 0. The lowest BCUT2D eigenvalue weighted by Crippen LogP contribution is -2.62. The van der Waals surface area contributed by atoms with Crippen LogP contribution in [0.15, 0.2) is 12.1 Å². The van der Waals surface area contributed by atoms with Gasteiger partial charge in [0.05, 0.1) is 16.7 Å². The van der Waals surface area contributed by atoms with Crippen LogP contribution in [0.1, 0.15) is 30.4 Å². The summed E-state index contributed by atoms with van der Waals surface area (Å²) in [6.45, 7) is 0.121. The van der Waals surface area contributed by atoms with Gasteiger partial charge >= 0.3 is 6.18 Å². The molecule has 5 nitrogen and oxygen atoms in total. The van der Waals surface area contributed by atoms with Crippen molar-refractivity contribution in [3.8, 4) is 0 Å². The third-order valence-corrected chi connectivity index (χ3v) is 5.69. The van der Waals surface area contributed by atoms with Crippen LogP contribution in [0.3, 0.4) is 0 Å². The summed E-state index contributed by atoms with van der Waals surface area (Å²) in [4.78, 5) is 23.9. The molecule has 0 unspecified atom stereocenters. The Labute approximate surface area is 172 Å². The summed E-state index contributed by atoms with van der Waals surface area (Å²) >= 11 is 0. The third kappa shape index (κ3) is 4.63. The number of hydrogen-bond donors (Lipinski definition) is 1. The van der Waals surface area contributed by atoms with E-state index in [0.29, 0.717) is 0 Å². The van der Waals surface area contributed by atoms with Crippen molar-refractivity contribution in [3.05, 3.63) is 34.9 Å². The minimum atomic E-state index is -5.21. The Morgan fingerprint density at radius 1 is 1.13 bits per heavy atom. The van der Waals surface area contributed by atoms with Crippen molar-refractivity contribution in [3.63, 3.8) is 0 Å². The third-order valence-electron chi connectivity index (χ3n) is 5.69. The van der Waals surface area contributed by atoms with E-state index < -0.39 is 58.7 Å². The quantitative estimate of drug-likeness (QED) is 0.505. The molecule has 2 fully saturated rings. The van der Waals surface area contributed by atoms with E-state index in [1.165, 1.54) is 4.90 Å². The maximum Gasteiger partial charge on any atom is 0.419 e. The van der Waals surface area contributed by atoms with Crippen molar-refractivity contribution < 1.29 is 45.1 Å². The van der Waals surface area contributed by atoms with Crippen molar-refractivity contribution in [1.29, 1.82) is 0 Å². The van der Waals surface area contributed by atoms with Crippen LogP contribution >= 0.6 is 0 Å². The zero-order chi connectivity index (χ0) is 23.2. The molecule has 3 rings (SSSR count). The lowest BCUT2D eigenvalue weighted by atomic mass is 9.68. The molecule has 1 saturated heterocycles. The van der Waals surface area contributed by atoms with Crippen molar-refractivity contribution in [2.45, 2.75) is 36.9 Å². The zero-order valence-corrected chi connectivity index (χ0v) is 16.0. The lowest BCUT2D eigenvalue weighted by molar-refractivity contribution is -0.152. The number of hydrogen-bond acceptors (Lipinski definition) is 4. The molecule has 1 aliphatic heterocycles. The first kappa shape index (κ1) is 23.3. The van der Waals surface area contributed by atoms with E-state index in [1.807, 2.05) is 0 Å². The average molecular weight is 456 g/mol. The summed E-state index contributed by atoms with van der Waals surface area (Å²) in [6.07, 6.45) is -5.62. The van der Waals surface area contributed by atoms with Gasteiger partial charge in [-0.05, 0) is 25.0 Å². The molecule has 0 atom stereocenters. The maximum atomic E-state index is 14.4. The van der Waals surface area contributed by atoms with Crippen molar-refractivity contribution in [2.24, 2.45) is 17.6 Å². The molecular formula is C19H19F7N2O3. The van der Waals surface area contributed by atoms with E-state index in [1.54, 1.807) is 0 Å². The summed E-state index contributed by atoms with van der Waals surface area (Å²) in [5.74, 6) is -9.97. The van der Waals surface area contributed by atoms with Gasteiger partial charge in [-0.15, -0.1) is 0 Å². The smallest absolute Gasteiger partial charge is 0.419 e. The number of nitrogens with zero attached hydrogens (tertiary/aromatic N) is 1. The number of rotatable bonds is 7. The largest absolute Gasteiger partial charge is 0.466 e. The fourth-order valence-electron chi connectivity index (χ4n) is 4.07. The number of alkyl halides is 5. The number of ether oxygens (including phenoxy) is 1. The Hall–Kier alpha value is -2.37. The number of halogens is 7. The van der Waals surface area contributed by atoms with Crippen LogP contribution < -0.4 is 5.73 Å². The second-order valence-electron chi connectivity index (χ2n) is 8.18. The molecule has 1 saturated carbocycles. The molecule has 0 radical (unpaired) electrons. The van der Waals surface area contributed by atoms with E-state index in [-0.39, 0.29) is 57.1 Å².